The number of ether oxygens (including phenoxy) is 3. The molecule has 0 spiro atoms. The van der Waals surface area contributed by atoms with E-state index in [2.05, 4.69) is 15.0 Å². The summed E-state index contributed by atoms with van der Waals surface area (Å²) in [6.45, 7) is 0. The Morgan fingerprint density at radius 1 is 0.354 bits per heavy atom. The van der Waals surface area contributed by atoms with Crippen LogP contribution in [-0.2, 0) is 32.9 Å². The first-order valence-electron chi connectivity index (χ1n) is 26.8. The summed E-state index contributed by atoms with van der Waals surface area (Å²) in [5.74, 6) is -3.86. The van der Waals surface area contributed by atoms with Gasteiger partial charge >= 0.3 is 36.4 Å². The monoisotopic (exact) mass is 1390 g/mol. The van der Waals surface area contributed by atoms with Crippen molar-refractivity contribution in [1.82, 2.24) is 15.0 Å². The minimum absolute atomic E-state index is 0. The second kappa shape index (κ2) is 30.2. The predicted octanol–water partition coefficient (Wildman–Crippen LogP) is 21.0. The second-order valence-corrected chi connectivity index (χ2v) is 21.1. The fourth-order valence-corrected chi connectivity index (χ4v) is 9.59. The normalized spacial score (nSPS) is 12.2. The third-order valence-corrected chi connectivity index (χ3v) is 14.1. The number of hydrogen-bond acceptors (Lipinski definition) is 12. The number of oxazole rings is 3. The van der Waals surface area contributed by atoms with Crippen molar-refractivity contribution >= 4 is 86.0 Å². The van der Waals surface area contributed by atoms with Gasteiger partial charge in [0.1, 0.15) is 33.8 Å². The van der Waals surface area contributed by atoms with E-state index in [0.29, 0.717) is 48.4 Å². The van der Waals surface area contributed by atoms with Crippen LogP contribution in [0, 0.1) is 0 Å². The molecule has 0 aliphatic heterocycles. The number of para-hydroxylation sites is 6. The molecule has 0 fully saturated rings. The lowest BCUT2D eigenvalue weighted by atomic mass is 10.1. The van der Waals surface area contributed by atoms with Gasteiger partial charge in [-0.25, -0.2) is 29.3 Å². The minimum atomic E-state index is -4.62. The zero-order valence-corrected chi connectivity index (χ0v) is 48.9. The zero-order chi connectivity index (χ0) is 66.5. The van der Waals surface area contributed by atoms with Crippen molar-refractivity contribution in [3.8, 4) is 51.6 Å². The topological polar surface area (TPSA) is 218 Å². The number of fused-ring (bicyclic) bond motifs is 3. The first-order chi connectivity index (χ1) is 44.2. The number of nitrogens with zero attached hydrogens (tertiary/aromatic N) is 3. The zero-order valence-electron chi connectivity index (χ0n) is 46.7. The van der Waals surface area contributed by atoms with Gasteiger partial charge in [0.25, 0.3) is 0 Å². The van der Waals surface area contributed by atoms with Crippen LogP contribution in [0.25, 0.3) is 67.7 Å². The van der Waals surface area contributed by atoms with Gasteiger partial charge in [0.15, 0.2) is 16.7 Å². The van der Waals surface area contributed by atoms with Crippen LogP contribution in [0.15, 0.2) is 213 Å². The molecular formula is C69H51Cl3F9N3O12. The fourth-order valence-electron chi connectivity index (χ4n) is 9.08. The van der Waals surface area contributed by atoms with Crippen molar-refractivity contribution in [3.05, 3.63) is 249 Å². The third-order valence-electron chi connectivity index (χ3n) is 13.4. The maximum atomic E-state index is 13.1. The number of aliphatic carboxylic acids is 3. The smallest absolute Gasteiger partial charge is 0.416 e. The number of carboxylic acid groups (broad SMARTS) is 3. The molecule has 0 bridgehead atoms. The second-order valence-electron chi connectivity index (χ2n) is 19.8. The van der Waals surface area contributed by atoms with Gasteiger partial charge in [-0.3, -0.25) is 0 Å². The number of rotatable bonds is 15. The van der Waals surface area contributed by atoms with Gasteiger partial charge < -0.3 is 42.8 Å². The average molecular weight is 1390 g/mol. The Bertz CT molecular complexity index is 4180. The molecule has 0 aliphatic carbocycles. The van der Waals surface area contributed by atoms with Gasteiger partial charge in [-0.1, -0.05) is 130 Å². The Kier molecular flexibility index (Phi) is 22.9. The Morgan fingerprint density at radius 2 is 0.604 bits per heavy atom. The molecule has 96 heavy (non-hydrogen) atoms. The summed E-state index contributed by atoms with van der Waals surface area (Å²) in [6.07, 6.45) is -19.0. The number of alkyl halides is 9. The Labute approximate surface area is 554 Å². The highest BCUT2D eigenvalue weighted by molar-refractivity contribution is 6.31. The predicted molar refractivity (Wildman–Crippen MR) is 341 cm³/mol. The van der Waals surface area contributed by atoms with Crippen molar-refractivity contribution < 1.29 is 96.7 Å². The molecule has 15 nitrogen and oxygen atoms in total. The number of carbonyl (C=O) groups is 3. The summed E-state index contributed by atoms with van der Waals surface area (Å²) in [5.41, 5.74) is 0.556. The number of halogens is 12. The molecule has 0 aliphatic rings. The van der Waals surface area contributed by atoms with E-state index in [1.165, 1.54) is 72.8 Å². The molecule has 9 aromatic carbocycles. The lowest BCUT2D eigenvalue weighted by molar-refractivity contribution is -0.146. The third kappa shape index (κ3) is 17.2. The highest BCUT2D eigenvalue weighted by Crippen LogP contribution is 2.42. The SMILES string of the molecule is C.C.C.O=C(O)C(Oc1ccc(Cl)cc1-c1nc2ccccc2o1)c1cccc(C(F)(F)F)c1.O=C(O)C(Oc1ccc(Cl)cc1-c1nc2ccccc2o1)c1cccc(C(F)(F)F)c1.O=C(O)C(Oc1ccc(Cl)cc1-c1nc2ccccc2o1)c1cccc(C(F)(F)F)c1. The fraction of sp³-hybridized carbons (Fsp3) is 0.130. The van der Waals surface area contributed by atoms with E-state index in [-0.39, 0.29) is 90.6 Å². The maximum Gasteiger partial charge on any atom is 0.416 e. The van der Waals surface area contributed by atoms with Gasteiger partial charge in [-0.05, 0) is 127 Å². The van der Waals surface area contributed by atoms with Crippen molar-refractivity contribution in [1.29, 1.82) is 0 Å². The molecule has 12 rings (SSSR count). The first-order valence-corrected chi connectivity index (χ1v) is 28.0. The number of carboxylic acids is 3. The van der Waals surface area contributed by atoms with Crippen molar-refractivity contribution in [2.75, 3.05) is 0 Å². The highest BCUT2D eigenvalue weighted by atomic mass is 35.5. The Balaban J connectivity index is 0.000000200. The molecule has 3 atom stereocenters. The van der Waals surface area contributed by atoms with Gasteiger partial charge in [-0.15, -0.1) is 0 Å². The van der Waals surface area contributed by atoms with E-state index in [4.69, 9.17) is 62.3 Å². The van der Waals surface area contributed by atoms with Crippen molar-refractivity contribution in [2.45, 2.75) is 59.1 Å². The molecule has 3 heterocycles. The highest BCUT2D eigenvalue weighted by Gasteiger charge is 2.36. The standard InChI is InChI=1S/3C22H13ClF3NO4.3CH4/c3*23-14-8-9-17(15(11-14)20-27-16-6-1-2-7-18(16)31-20)30-19(21(28)29)12-4-3-5-13(10-12)22(24,25)26;;;/h3*1-11,19H,(H,28,29);3*1H4. The summed E-state index contributed by atoms with van der Waals surface area (Å²) < 4.78 is 152. The molecule has 0 saturated heterocycles. The summed E-state index contributed by atoms with van der Waals surface area (Å²) >= 11 is 18.3. The largest absolute Gasteiger partial charge is 0.478 e. The molecule has 27 heteroatoms. The van der Waals surface area contributed by atoms with E-state index in [1.54, 1.807) is 72.8 Å². The van der Waals surface area contributed by atoms with Crippen LogP contribution in [0.5, 0.6) is 17.2 Å². The Hall–Kier alpha value is -10.6. The van der Waals surface area contributed by atoms with E-state index in [9.17, 15) is 69.2 Å². The van der Waals surface area contributed by atoms with Crippen LogP contribution in [-0.4, -0.2) is 48.2 Å². The molecule has 3 N–H and O–H groups in total. The Morgan fingerprint density at radius 3 is 0.833 bits per heavy atom. The van der Waals surface area contributed by atoms with Gasteiger partial charge in [-0.2, -0.15) is 39.5 Å². The average Bonchev–Trinajstić information content (AvgIpc) is 1.55. The number of hydrogen-bond donors (Lipinski definition) is 3. The van der Waals surface area contributed by atoms with Crippen molar-refractivity contribution in [3.63, 3.8) is 0 Å². The summed E-state index contributed by atoms with van der Waals surface area (Å²) in [4.78, 5) is 48.6. The maximum absolute atomic E-state index is 13.1. The molecule has 0 radical (unpaired) electrons. The summed E-state index contributed by atoms with van der Waals surface area (Å²) in [6, 6.07) is 46.0. The molecule has 0 saturated carbocycles. The van der Waals surface area contributed by atoms with Crippen LogP contribution >= 0.6 is 34.8 Å². The van der Waals surface area contributed by atoms with E-state index in [0.717, 1.165) is 54.6 Å². The summed E-state index contributed by atoms with van der Waals surface area (Å²) in [5, 5.41) is 29.9. The van der Waals surface area contributed by atoms with Crippen LogP contribution in [0.3, 0.4) is 0 Å². The number of aromatic nitrogens is 3. The van der Waals surface area contributed by atoms with Crippen LogP contribution in [0.2, 0.25) is 15.1 Å². The van der Waals surface area contributed by atoms with Gasteiger partial charge in [0, 0.05) is 31.8 Å². The van der Waals surface area contributed by atoms with E-state index in [1.807, 2.05) is 0 Å². The molecule has 498 valence electrons. The molecule has 3 aromatic heterocycles. The molecule has 3 unspecified atom stereocenters. The lowest BCUT2D eigenvalue weighted by Crippen LogP contribution is -2.19. The minimum Gasteiger partial charge on any atom is -0.478 e. The van der Waals surface area contributed by atoms with Gasteiger partial charge in [0.05, 0.1) is 33.4 Å². The number of benzene rings is 9. The first kappa shape index (κ1) is 72.9. The van der Waals surface area contributed by atoms with E-state index < -0.39 is 71.4 Å². The quantitative estimate of drug-likeness (QED) is 0.0813. The van der Waals surface area contributed by atoms with Crippen LogP contribution in [0.1, 0.15) is 74.0 Å². The van der Waals surface area contributed by atoms with Crippen LogP contribution < -0.4 is 14.2 Å². The van der Waals surface area contributed by atoms with Crippen LogP contribution in [0.4, 0.5) is 39.5 Å². The lowest BCUT2D eigenvalue weighted by Gasteiger charge is -2.18. The molecule has 0 amide bonds. The van der Waals surface area contributed by atoms with Gasteiger partial charge in [0.2, 0.25) is 36.0 Å². The molecule has 12 aromatic rings. The van der Waals surface area contributed by atoms with E-state index >= 15 is 0 Å². The van der Waals surface area contributed by atoms with Crippen molar-refractivity contribution in [2.24, 2.45) is 0 Å². The molecular weight excluding hydrogens is 1340 g/mol. The summed E-state index contributed by atoms with van der Waals surface area (Å²) in [7, 11) is 0.